The highest BCUT2D eigenvalue weighted by molar-refractivity contribution is 6.46. The SMILES string of the molecule is C=CCN1C(=O)C(=O)/C(=C(\O)c2ccc(C)cc2)C1c1ccc(N(C)C)cc1. The number of anilines is 1. The summed E-state index contributed by atoms with van der Waals surface area (Å²) >= 11 is 0. The molecule has 0 radical (unpaired) electrons. The van der Waals surface area contributed by atoms with Crippen LogP contribution < -0.4 is 4.90 Å². The van der Waals surface area contributed by atoms with Crippen molar-refractivity contribution in [2.45, 2.75) is 13.0 Å². The first-order chi connectivity index (χ1) is 13.3. The van der Waals surface area contributed by atoms with E-state index < -0.39 is 17.7 Å². The lowest BCUT2D eigenvalue weighted by Gasteiger charge is -2.24. The molecule has 1 aliphatic heterocycles. The molecular formula is C23H24N2O3. The van der Waals surface area contributed by atoms with E-state index in [1.54, 1.807) is 18.2 Å². The van der Waals surface area contributed by atoms with Gasteiger partial charge in [0.1, 0.15) is 5.76 Å². The van der Waals surface area contributed by atoms with Crippen LogP contribution in [-0.2, 0) is 9.59 Å². The molecule has 1 fully saturated rings. The number of benzene rings is 2. The minimum atomic E-state index is -0.679. The molecule has 1 atom stereocenters. The summed E-state index contributed by atoms with van der Waals surface area (Å²) in [6.45, 7) is 5.86. The third kappa shape index (κ3) is 3.43. The standard InChI is InChI=1S/C23H24N2O3/c1-5-14-25-20(16-10-12-18(13-11-16)24(3)4)19(22(27)23(25)28)21(26)17-8-6-15(2)7-9-17/h5-13,20,26H,1,14H2,2-4H3/b21-19-. The van der Waals surface area contributed by atoms with E-state index in [2.05, 4.69) is 6.58 Å². The predicted molar refractivity (Wildman–Crippen MR) is 111 cm³/mol. The normalized spacial score (nSPS) is 18.4. The number of likely N-dealkylation sites (tertiary alicyclic amines) is 1. The lowest BCUT2D eigenvalue weighted by Crippen LogP contribution is -2.29. The summed E-state index contributed by atoms with van der Waals surface area (Å²) in [7, 11) is 3.88. The number of amides is 1. The van der Waals surface area contributed by atoms with Crippen molar-refractivity contribution in [1.82, 2.24) is 4.90 Å². The number of nitrogens with zero attached hydrogens (tertiary/aromatic N) is 2. The molecule has 1 heterocycles. The van der Waals surface area contributed by atoms with Crippen LogP contribution in [0, 0.1) is 6.92 Å². The minimum Gasteiger partial charge on any atom is -0.507 e. The van der Waals surface area contributed by atoms with Crippen molar-refractivity contribution in [2.75, 3.05) is 25.5 Å². The van der Waals surface area contributed by atoms with Gasteiger partial charge in [-0.15, -0.1) is 6.58 Å². The Bertz CT molecular complexity index is 941. The summed E-state index contributed by atoms with van der Waals surface area (Å²) in [4.78, 5) is 28.8. The van der Waals surface area contributed by atoms with Crippen molar-refractivity contribution < 1.29 is 14.7 Å². The average molecular weight is 376 g/mol. The zero-order valence-electron chi connectivity index (χ0n) is 16.3. The van der Waals surface area contributed by atoms with Crippen LogP contribution in [0.1, 0.15) is 22.7 Å². The fourth-order valence-corrected chi connectivity index (χ4v) is 3.38. The lowest BCUT2D eigenvalue weighted by molar-refractivity contribution is -0.139. The Morgan fingerprint density at radius 1 is 1.11 bits per heavy atom. The number of Topliss-reactive ketones (excluding diaryl/α,β-unsaturated/α-hetero) is 1. The first kappa shape index (κ1) is 19.4. The molecule has 1 saturated heterocycles. The minimum absolute atomic E-state index is 0.105. The molecule has 1 unspecified atom stereocenters. The zero-order chi connectivity index (χ0) is 20.4. The molecule has 28 heavy (non-hydrogen) atoms. The molecule has 5 heteroatoms. The maximum Gasteiger partial charge on any atom is 0.295 e. The number of hydrogen-bond acceptors (Lipinski definition) is 4. The number of ketones is 1. The second-order valence-electron chi connectivity index (χ2n) is 7.09. The topological polar surface area (TPSA) is 60.9 Å². The summed E-state index contributed by atoms with van der Waals surface area (Å²) in [5.74, 6) is -1.47. The largest absolute Gasteiger partial charge is 0.507 e. The van der Waals surface area contributed by atoms with Crippen LogP contribution in [0.15, 0.2) is 66.8 Å². The van der Waals surface area contributed by atoms with E-state index >= 15 is 0 Å². The molecule has 1 N–H and O–H groups in total. The number of aliphatic hydroxyl groups excluding tert-OH is 1. The van der Waals surface area contributed by atoms with E-state index in [1.807, 2.05) is 62.3 Å². The molecule has 3 rings (SSSR count). The smallest absolute Gasteiger partial charge is 0.295 e. The Hall–Kier alpha value is -3.34. The zero-order valence-corrected chi connectivity index (χ0v) is 16.3. The second-order valence-corrected chi connectivity index (χ2v) is 7.09. The second kappa shape index (κ2) is 7.72. The first-order valence-corrected chi connectivity index (χ1v) is 9.08. The van der Waals surface area contributed by atoms with Crippen LogP contribution in [0.2, 0.25) is 0 Å². The first-order valence-electron chi connectivity index (χ1n) is 9.08. The highest BCUT2D eigenvalue weighted by atomic mass is 16.3. The van der Waals surface area contributed by atoms with Gasteiger partial charge in [0.2, 0.25) is 0 Å². The Morgan fingerprint density at radius 3 is 2.25 bits per heavy atom. The predicted octanol–water partition coefficient (Wildman–Crippen LogP) is 3.67. The third-order valence-corrected chi connectivity index (χ3v) is 4.92. The summed E-state index contributed by atoms with van der Waals surface area (Å²) < 4.78 is 0. The van der Waals surface area contributed by atoms with Gasteiger partial charge < -0.3 is 14.9 Å². The Kier molecular flexibility index (Phi) is 5.36. The van der Waals surface area contributed by atoms with Gasteiger partial charge in [-0.25, -0.2) is 0 Å². The van der Waals surface area contributed by atoms with Gasteiger partial charge in [-0.3, -0.25) is 9.59 Å². The van der Waals surface area contributed by atoms with Crippen molar-refractivity contribution in [3.8, 4) is 0 Å². The summed E-state index contributed by atoms with van der Waals surface area (Å²) in [5, 5.41) is 10.9. The van der Waals surface area contributed by atoms with E-state index in [1.165, 1.54) is 4.90 Å². The van der Waals surface area contributed by atoms with Crippen molar-refractivity contribution in [3.63, 3.8) is 0 Å². The van der Waals surface area contributed by atoms with Crippen LogP contribution in [0.25, 0.3) is 5.76 Å². The fourth-order valence-electron chi connectivity index (χ4n) is 3.38. The molecule has 2 aromatic rings. The van der Waals surface area contributed by atoms with E-state index in [0.29, 0.717) is 5.56 Å². The van der Waals surface area contributed by atoms with Crippen molar-refractivity contribution in [1.29, 1.82) is 0 Å². The number of aryl methyl sites for hydroxylation is 1. The molecule has 0 bridgehead atoms. The van der Waals surface area contributed by atoms with Crippen LogP contribution in [-0.4, -0.2) is 42.3 Å². The van der Waals surface area contributed by atoms with Gasteiger partial charge in [-0.2, -0.15) is 0 Å². The highest BCUT2D eigenvalue weighted by Crippen LogP contribution is 2.39. The van der Waals surface area contributed by atoms with E-state index in [9.17, 15) is 14.7 Å². The maximum atomic E-state index is 12.8. The summed E-state index contributed by atoms with van der Waals surface area (Å²) in [6, 6.07) is 14.2. The van der Waals surface area contributed by atoms with E-state index in [0.717, 1.165) is 16.8 Å². The van der Waals surface area contributed by atoms with Gasteiger partial charge in [0.15, 0.2) is 0 Å². The van der Waals surface area contributed by atoms with E-state index in [-0.39, 0.29) is 17.9 Å². The Morgan fingerprint density at radius 2 is 1.71 bits per heavy atom. The van der Waals surface area contributed by atoms with Gasteiger partial charge in [-0.05, 0) is 24.6 Å². The summed E-state index contributed by atoms with van der Waals surface area (Å²) in [6.07, 6.45) is 1.58. The third-order valence-electron chi connectivity index (χ3n) is 4.92. The number of aliphatic hydroxyl groups is 1. The molecule has 5 nitrogen and oxygen atoms in total. The Balaban J connectivity index is 2.15. The van der Waals surface area contributed by atoms with Gasteiger partial charge in [-0.1, -0.05) is 48.0 Å². The lowest BCUT2D eigenvalue weighted by atomic mass is 9.95. The van der Waals surface area contributed by atoms with Gasteiger partial charge in [0, 0.05) is 31.9 Å². The summed E-state index contributed by atoms with van der Waals surface area (Å²) in [5.41, 5.74) is 3.42. The number of carbonyl (C=O) groups excluding carboxylic acids is 2. The molecule has 0 aromatic heterocycles. The maximum absolute atomic E-state index is 12.8. The molecule has 2 aromatic carbocycles. The average Bonchev–Trinajstić information content (AvgIpc) is 2.93. The molecule has 0 aliphatic carbocycles. The van der Waals surface area contributed by atoms with E-state index in [4.69, 9.17) is 0 Å². The molecule has 0 saturated carbocycles. The molecule has 1 amide bonds. The highest BCUT2D eigenvalue weighted by Gasteiger charge is 2.45. The fraction of sp³-hybridized carbons (Fsp3) is 0.217. The monoisotopic (exact) mass is 376 g/mol. The molecular weight excluding hydrogens is 352 g/mol. The number of carbonyl (C=O) groups is 2. The molecule has 0 spiro atoms. The van der Waals surface area contributed by atoms with Crippen molar-refractivity contribution in [2.24, 2.45) is 0 Å². The number of hydrogen-bond donors (Lipinski definition) is 1. The quantitative estimate of drug-likeness (QED) is 0.374. The van der Waals surface area contributed by atoms with Gasteiger partial charge in [0.25, 0.3) is 11.7 Å². The number of rotatable bonds is 5. The van der Waals surface area contributed by atoms with Crippen LogP contribution in [0.3, 0.4) is 0 Å². The molecule has 1 aliphatic rings. The Labute approximate surface area is 165 Å². The van der Waals surface area contributed by atoms with Crippen LogP contribution >= 0.6 is 0 Å². The van der Waals surface area contributed by atoms with Crippen LogP contribution in [0.5, 0.6) is 0 Å². The van der Waals surface area contributed by atoms with Crippen molar-refractivity contribution >= 4 is 23.1 Å². The van der Waals surface area contributed by atoms with Gasteiger partial charge >= 0.3 is 0 Å². The van der Waals surface area contributed by atoms with Gasteiger partial charge in [0.05, 0.1) is 11.6 Å². The molecule has 144 valence electrons. The van der Waals surface area contributed by atoms with Crippen LogP contribution in [0.4, 0.5) is 5.69 Å². The van der Waals surface area contributed by atoms with Crippen molar-refractivity contribution in [3.05, 3.63) is 83.4 Å².